The number of rotatable bonds is 11. The fourth-order valence-electron chi connectivity index (χ4n) is 3.42. The number of hydrogen-bond acceptors (Lipinski definition) is 8. The van der Waals surface area contributed by atoms with Gasteiger partial charge >= 0.3 is 0 Å². The highest BCUT2D eigenvalue weighted by molar-refractivity contribution is 6.35. The molecular formula is C22H24N4O6. The Morgan fingerprint density at radius 3 is 2.09 bits per heavy atom. The van der Waals surface area contributed by atoms with Crippen molar-refractivity contribution in [2.24, 2.45) is 0 Å². The molecule has 0 radical (unpaired) electrons. The van der Waals surface area contributed by atoms with Crippen LogP contribution in [0.25, 0.3) is 5.57 Å². The summed E-state index contributed by atoms with van der Waals surface area (Å²) in [6.07, 6.45) is 3.19. The minimum Gasteiger partial charge on any atom is -0.383 e. The van der Waals surface area contributed by atoms with Crippen LogP contribution in [0.4, 0.5) is 5.69 Å². The van der Waals surface area contributed by atoms with Gasteiger partial charge in [-0.25, -0.2) is 0 Å². The molecular weight excluding hydrogens is 416 g/mol. The number of carbonyl (C=O) groups is 2. The molecule has 32 heavy (non-hydrogen) atoms. The van der Waals surface area contributed by atoms with Gasteiger partial charge in [0.15, 0.2) is 0 Å². The molecule has 0 aliphatic carbocycles. The first-order valence-corrected chi connectivity index (χ1v) is 9.95. The summed E-state index contributed by atoms with van der Waals surface area (Å²) in [6.45, 7) is 1.50. The molecule has 2 aromatic rings. The topological polar surface area (TPSA) is 115 Å². The van der Waals surface area contributed by atoms with Gasteiger partial charge in [0.2, 0.25) is 0 Å². The number of non-ortho nitro benzene ring substituents is 1. The lowest BCUT2D eigenvalue weighted by atomic mass is 10.0. The molecule has 2 amide bonds. The fourth-order valence-corrected chi connectivity index (χ4v) is 3.42. The number of aromatic nitrogens is 1. The van der Waals surface area contributed by atoms with Crippen molar-refractivity contribution in [2.45, 2.75) is 6.54 Å². The SMILES string of the molecule is COCCN(CCOC)C1=C(c2ccc([N+](=O)[O-])cc2)C(=O)N(Cc2ccncc2)C1=O. The van der Waals surface area contributed by atoms with E-state index in [1.54, 1.807) is 43.6 Å². The van der Waals surface area contributed by atoms with Crippen molar-refractivity contribution in [3.05, 3.63) is 75.7 Å². The lowest BCUT2D eigenvalue weighted by Crippen LogP contribution is -2.37. The number of carbonyl (C=O) groups excluding carboxylic acids is 2. The van der Waals surface area contributed by atoms with E-state index in [4.69, 9.17) is 9.47 Å². The van der Waals surface area contributed by atoms with Gasteiger partial charge < -0.3 is 14.4 Å². The van der Waals surface area contributed by atoms with Crippen LogP contribution in [0.15, 0.2) is 54.5 Å². The number of methoxy groups -OCH3 is 2. The molecule has 10 nitrogen and oxygen atoms in total. The second-order valence-electron chi connectivity index (χ2n) is 7.05. The molecule has 3 rings (SSSR count). The first-order valence-electron chi connectivity index (χ1n) is 9.95. The summed E-state index contributed by atoms with van der Waals surface area (Å²) in [7, 11) is 3.11. The number of ether oxygens (including phenoxy) is 2. The molecule has 0 spiro atoms. The highest BCUT2D eigenvalue weighted by Crippen LogP contribution is 2.33. The summed E-state index contributed by atoms with van der Waals surface area (Å²) in [4.78, 5) is 44.3. The Morgan fingerprint density at radius 1 is 0.969 bits per heavy atom. The van der Waals surface area contributed by atoms with Crippen molar-refractivity contribution in [3.63, 3.8) is 0 Å². The smallest absolute Gasteiger partial charge is 0.278 e. The third-order valence-electron chi connectivity index (χ3n) is 5.05. The van der Waals surface area contributed by atoms with Crippen LogP contribution in [0.1, 0.15) is 11.1 Å². The number of benzene rings is 1. The number of imide groups is 1. The van der Waals surface area contributed by atoms with Crippen molar-refractivity contribution in [1.82, 2.24) is 14.8 Å². The van der Waals surface area contributed by atoms with E-state index >= 15 is 0 Å². The van der Waals surface area contributed by atoms with Gasteiger partial charge in [-0.3, -0.25) is 29.6 Å². The van der Waals surface area contributed by atoms with Crippen LogP contribution in [-0.4, -0.2) is 72.0 Å². The Hall–Kier alpha value is -3.63. The molecule has 0 N–H and O–H groups in total. The highest BCUT2D eigenvalue weighted by atomic mass is 16.6. The van der Waals surface area contributed by atoms with Crippen LogP contribution in [0.5, 0.6) is 0 Å². The Kier molecular flexibility index (Phi) is 7.63. The van der Waals surface area contributed by atoms with E-state index in [0.717, 1.165) is 5.56 Å². The summed E-state index contributed by atoms with van der Waals surface area (Å²) in [6, 6.07) is 9.07. The van der Waals surface area contributed by atoms with E-state index in [9.17, 15) is 19.7 Å². The molecule has 0 bridgehead atoms. The van der Waals surface area contributed by atoms with Crippen molar-refractivity contribution in [3.8, 4) is 0 Å². The normalized spacial score (nSPS) is 13.8. The monoisotopic (exact) mass is 440 g/mol. The lowest BCUT2D eigenvalue weighted by molar-refractivity contribution is -0.384. The molecule has 1 aliphatic heterocycles. The number of nitro benzene ring substituents is 1. The van der Waals surface area contributed by atoms with Gasteiger partial charge in [-0.15, -0.1) is 0 Å². The Morgan fingerprint density at radius 2 is 1.56 bits per heavy atom. The van der Waals surface area contributed by atoms with Crippen molar-refractivity contribution in [2.75, 3.05) is 40.5 Å². The molecule has 10 heteroatoms. The zero-order chi connectivity index (χ0) is 23.1. The average Bonchev–Trinajstić information content (AvgIpc) is 3.05. The number of pyridine rings is 1. The number of nitro groups is 1. The average molecular weight is 440 g/mol. The molecule has 0 saturated heterocycles. The van der Waals surface area contributed by atoms with Crippen LogP contribution >= 0.6 is 0 Å². The second-order valence-corrected chi connectivity index (χ2v) is 7.05. The molecule has 1 aromatic heterocycles. The Labute approximate surface area is 185 Å². The minimum absolute atomic E-state index is 0.0859. The van der Waals surface area contributed by atoms with E-state index in [-0.39, 0.29) is 23.5 Å². The molecule has 0 saturated carbocycles. The Balaban J connectivity index is 2.05. The maximum absolute atomic E-state index is 13.4. The third-order valence-corrected chi connectivity index (χ3v) is 5.05. The van der Waals surface area contributed by atoms with E-state index in [0.29, 0.717) is 31.9 Å². The van der Waals surface area contributed by atoms with Crippen molar-refractivity contribution < 1.29 is 24.0 Å². The Bertz CT molecular complexity index is 999. The van der Waals surface area contributed by atoms with E-state index in [2.05, 4.69) is 4.98 Å². The highest BCUT2D eigenvalue weighted by Gasteiger charge is 2.41. The van der Waals surface area contributed by atoms with E-state index in [1.165, 1.54) is 29.2 Å². The molecule has 0 unspecified atom stereocenters. The molecule has 0 atom stereocenters. The maximum atomic E-state index is 13.4. The van der Waals surface area contributed by atoms with Crippen LogP contribution in [-0.2, 0) is 25.6 Å². The lowest BCUT2D eigenvalue weighted by Gasteiger charge is -2.25. The van der Waals surface area contributed by atoms with Crippen molar-refractivity contribution >= 4 is 23.1 Å². The first-order chi connectivity index (χ1) is 15.5. The largest absolute Gasteiger partial charge is 0.383 e. The molecule has 168 valence electrons. The van der Waals surface area contributed by atoms with Crippen molar-refractivity contribution in [1.29, 1.82) is 0 Å². The maximum Gasteiger partial charge on any atom is 0.278 e. The van der Waals surface area contributed by atoms with Crippen LogP contribution in [0, 0.1) is 10.1 Å². The van der Waals surface area contributed by atoms with Crippen LogP contribution < -0.4 is 0 Å². The van der Waals surface area contributed by atoms with Crippen LogP contribution in [0.3, 0.4) is 0 Å². The predicted molar refractivity (Wildman–Crippen MR) is 115 cm³/mol. The van der Waals surface area contributed by atoms with Gasteiger partial charge in [0.25, 0.3) is 17.5 Å². The number of hydrogen-bond donors (Lipinski definition) is 0. The third kappa shape index (κ3) is 4.98. The van der Waals surface area contributed by atoms with Gasteiger partial charge in [0.1, 0.15) is 5.70 Å². The van der Waals surface area contributed by atoms with Gasteiger partial charge in [-0.2, -0.15) is 0 Å². The summed E-state index contributed by atoms with van der Waals surface area (Å²) in [5, 5.41) is 11.0. The first kappa shape index (κ1) is 23.0. The molecule has 1 aromatic carbocycles. The van der Waals surface area contributed by atoms with E-state index in [1.807, 2.05) is 0 Å². The minimum atomic E-state index is -0.514. The number of amides is 2. The predicted octanol–water partition coefficient (Wildman–Crippen LogP) is 1.86. The van der Waals surface area contributed by atoms with E-state index < -0.39 is 16.7 Å². The summed E-state index contributed by atoms with van der Waals surface area (Å²) in [5.41, 5.74) is 1.52. The van der Waals surface area contributed by atoms with Crippen LogP contribution in [0.2, 0.25) is 0 Å². The van der Waals surface area contributed by atoms with Gasteiger partial charge in [-0.1, -0.05) is 0 Å². The summed E-state index contributed by atoms with van der Waals surface area (Å²) >= 11 is 0. The van der Waals surface area contributed by atoms with Gasteiger partial charge in [0.05, 0.1) is 30.3 Å². The molecule has 0 fully saturated rings. The standard InChI is InChI=1S/C22H24N4O6/c1-31-13-11-24(12-14-32-2)20-19(17-3-5-18(6-4-17)26(29)30)21(27)25(22(20)28)15-16-7-9-23-10-8-16/h3-10H,11-15H2,1-2H3. The quantitative estimate of drug-likeness (QED) is 0.295. The molecule has 1 aliphatic rings. The number of nitrogens with zero attached hydrogens (tertiary/aromatic N) is 4. The zero-order valence-electron chi connectivity index (χ0n) is 17.9. The second kappa shape index (κ2) is 10.6. The van der Waals surface area contributed by atoms with Gasteiger partial charge in [-0.05, 0) is 35.4 Å². The summed E-state index contributed by atoms with van der Waals surface area (Å²) in [5.74, 6) is -0.900. The zero-order valence-corrected chi connectivity index (χ0v) is 17.9. The fraction of sp³-hybridized carbons (Fsp3) is 0.318. The van der Waals surface area contributed by atoms with Gasteiger partial charge in [0, 0.05) is 51.8 Å². The molecule has 2 heterocycles. The summed E-state index contributed by atoms with van der Waals surface area (Å²) < 4.78 is 10.4.